The van der Waals surface area contributed by atoms with Gasteiger partial charge in [-0.05, 0) is 25.8 Å². The first-order valence-electron chi connectivity index (χ1n) is 5.84. The van der Waals surface area contributed by atoms with Crippen LogP contribution in [0, 0.1) is 0 Å². The summed E-state index contributed by atoms with van der Waals surface area (Å²) in [5.74, 6) is -0.339. The highest BCUT2D eigenvalue weighted by atomic mass is 16.3. The van der Waals surface area contributed by atoms with Crippen molar-refractivity contribution in [3.05, 3.63) is 0 Å². The molecule has 1 aliphatic heterocycles. The number of piperazine rings is 1. The van der Waals surface area contributed by atoms with Crippen molar-refractivity contribution in [2.24, 2.45) is 0 Å². The number of aldehydes is 1. The molecule has 2 N–H and O–H groups in total. The highest BCUT2D eigenvalue weighted by molar-refractivity contribution is 6.27. The summed E-state index contributed by atoms with van der Waals surface area (Å²) >= 11 is 0. The van der Waals surface area contributed by atoms with Gasteiger partial charge >= 0.3 is 0 Å². The third kappa shape index (κ3) is 4.00. The second-order valence-corrected chi connectivity index (χ2v) is 4.06. The Kier molecular flexibility index (Phi) is 6.22. The molecule has 5 nitrogen and oxygen atoms in total. The molecular weight excluding hydrogens is 208 g/mol. The SMILES string of the molecule is O=CC(=O)C1CNCCN1CCCCCO. The largest absolute Gasteiger partial charge is 0.396 e. The van der Waals surface area contributed by atoms with Crippen LogP contribution in [0.4, 0.5) is 0 Å². The zero-order chi connectivity index (χ0) is 11.8. The van der Waals surface area contributed by atoms with Gasteiger partial charge in [-0.25, -0.2) is 0 Å². The van der Waals surface area contributed by atoms with Crippen molar-refractivity contribution in [1.29, 1.82) is 0 Å². The van der Waals surface area contributed by atoms with E-state index in [0.717, 1.165) is 38.9 Å². The van der Waals surface area contributed by atoms with E-state index in [2.05, 4.69) is 10.2 Å². The van der Waals surface area contributed by atoms with Crippen LogP contribution < -0.4 is 5.32 Å². The van der Waals surface area contributed by atoms with Crippen LogP contribution in [0.3, 0.4) is 0 Å². The Bertz CT molecular complexity index is 233. The number of nitrogens with one attached hydrogen (secondary N) is 1. The van der Waals surface area contributed by atoms with Crippen molar-refractivity contribution in [1.82, 2.24) is 10.2 Å². The number of ketones is 1. The normalized spacial score (nSPS) is 21.9. The Balaban J connectivity index is 2.35. The molecule has 92 valence electrons. The van der Waals surface area contributed by atoms with Gasteiger partial charge < -0.3 is 10.4 Å². The minimum Gasteiger partial charge on any atom is -0.396 e. The van der Waals surface area contributed by atoms with Crippen molar-refractivity contribution in [2.75, 3.05) is 32.8 Å². The maximum absolute atomic E-state index is 11.4. The van der Waals surface area contributed by atoms with E-state index < -0.39 is 0 Å². The molecular formula is C11H20N2O3. The molecule has 0 amide bonds. The van der Waals surface area contributed by atoms with Crippen LogP contribution in [0.25, 0.3) is 0 Å². The predicted molar refractivity (Wildman–Crippen MR) is 60.2 cm³/mol. The van der Waals surface area contributed by atoms with Gasteiger partial charge in [-0.2, -0.15) is 0 Å². The second-order valence-electron chi connectivity index (χ2n) is 4.06. The predicted octanol–water partition coefficient (Wildman–Crippen LogP) is -0.809. The molecule has 1 heterocycles. The van der Waals surface area contributed by atoms with Gasteiger partial charge in [0.1, 0.15) is 0 Å². The Morgan fingerprint density at radius 1 is 1.44 bits per heavy atom. The zero-order valence-corrected chi connectivity index (χ0v) is 9.52. The number of Topliss-reactive ketones (excluding diaryl/α,β-unsaturated/α-hetero) is 1. The van der Waals surface area contributed by atoms with Gasteiger partial charge in [0.05, 0.1) is 6.04 Å². The Hall–Kier alpha value is -0.780. The fourth-order valence-electron chi connectivity index (χ4n) is 1.98. The van der Waals surface area contributed by atoms with Crippen molar-refractivity contribution in [3.8, 4) is 0 Å². The van der Waals surface area contributed by atoms with Crippen molar-refractivity contribution in [3.63, 3.8) is 0 Å². The van der Waals surface area contributed by atoms with E-state index in [0.29, 0.717) is 12.8 Å². The fraction of sp³-hybridized carbons (Fsp3) is 0.818. The standard InChI is InChI=1S/C11H20N2O3/c14-7-3-1-2-5-13-6-4-12-8-10(13)11(16)9-15/h9-10,12,14H,1-8H2. The number of hydrogen-bond acceptors (Lipinski definition) is 5. The summed E-state index contributed by atoms with van der Waals surface area (Å²) < 4.78 is 0. The number of rotatable bonds is 7. The highest BCUT2D eigenvalue weighted by Crippen LogP contribution is 2.06. The summed E-state index contributed by atoms with van der Waals surface area (Å²) in [5.41, 5.74) is 0. The minimum atomic E-state index is -0.339. The van der Waals surface area contributed by atoms with Crippen LogP contribution in [-0.4, -0.2) is 60.9 Å². The smallest absolute Gasteiger partial charge is 0.213 e. The average molecular weight is 228 g/mol. The zero-order valence-electron chi connectivity index (χ0n) is 9.52. The number of nitrogens with zero attached hydrogens (tertiary/aromatic N) is 1. The maximum Gasteiger partial charge on any atom is 0.213 e. The topological polar surface area (TPSA) is 69.6 Å². The van der Waals surface area contributed by atoms with Gasteiger partial charge in [0, 0.05) is 26.2 Å². The molecule has 1 rings (SSSR count). The molecule has 0 aromatic heterocycles. The number of carbonyl (C=O) groups excluding carboxylic acids is 2. The molecule has 0 radical (unpaired) electrons. The third-order valence-corrected chi connectivity index (χ3v) is 2.90. The van der Waals surface area contributed by atoms with E-state index in [1.807, 2.05) is 0 Å². The van der Waals surface area contributed by atoms with Gasteiger partial charge in [0.25, 0.3) is 0 Å². The van der Waals surface area contributed by atoms with Crippen LogP contribution in [0.15, 0.2) is 0 Å². The van der Waals surface area contributed by atoms with Crippen molar-refractivity contribution >= 4 is 12.1 Å². The average Bonchev–Trinajstić information content (AvgIpc) is 2.34. The Morgan fingerprint density at radius 3 is 2.94 bits per heavy atom. The molecule has 5 heteroatoms. The molecule has 1 unspecified atom stereocenters. The fourth-order valence-corrected chi connectivity index (χ4v) is 1.98. The van der Waals surface area contributed by atoms with Gasteiger partial charge in [-0.15, -0.1) is 0 Å². The van der Waals surface area contributed by atoms with E-state index in [-0.39, 0.29) is 18.4 Å². The molecule has 0 saturated carbocycles. The highest BCUT2D eigenvalue weighted by Gasteiger charge is 2.27. The van der Waals surface area contributed by atoms with Crippen LogP contribution >= 0.6 is 0 Å². The molecule has 0 spiro atoms. The van der Waals surface area contributed by atoms with E-state index in [1.165, 1.54) is 0 Å². The molecule has 1 saturated heterocycles. The summed E-state index contributed by atoms with van der Waals surface area (Å²) in [6.45, 7) is 3.29. The third-order valence-electron chi connectivity index (χ3n) is 2.90. The molecule has 1 fully saturated rings. The lowest BCUT2D eigenvalue weighted by molar-refractivity contribution is -0.134. The molecule has 1 atom stereocenters. The van der Waals surface area contributed by atoms with Crippen LogP contribution in [0.1, 0.15) is 19.3 Å². The van der Waals surface area contributed by atoms with E-state index in [1.54, 1.807) is 0 Å². The summed E-state index contributed by atoms with van der Waals surface area (Å²) in [4.78, 5) is 23.9. The summed E-state index contributed by atoms with van der Waals surface area (Å²) in [7, 11) is 0. The summed E-state index contributed by atoms with van der Waals surface area (Å²) in [6, 6.07) is -0.291. The molecule has 0 aliphatic carbocycles. The molecule has 1 aliphatic rings. The molecule has 0 aromatic carbocycles. The van der Waals surface area contributed by atoms with Crippen molar-refractivity contribution < 1.29 is 14.7 Å². The maximum atomic E-state index is 11.4. The number of aliphatic hydroxyl groups excluding tert-OH is 1. The van der Waals surface area contributed by atoms with Gasteiger partial charge in [-0.3, -0.25) is 14.5 Å². The first kappa shape index (κ1) is 13.3. The van der Waals surface area contributed by atoms with Gasteiger partial charge in [0.15, 0.2) is 6.29 Å². The van der Waals surface area contributed by atoms with Gasteiger partial charge in [-0.1, -0.05) is 0 Å². The summed E-state index contributed by atoms with van der Waals surface area (Å²) in [6.07, 6.45) is 3.14. The monoisotopic (exact) mass is 228 g/mol. The van der Waals surface area contributed by atoms with Crippen LogP contribution in [0.2, 0.25) is 0 Å². The molecule has 0 aromatic rings. The first-order valence-corrected chi connectivity index (χ1v) is 5.84. The lowest BCUT2D eigenvalue weighted by Crippen LogP contribution is -2.55. The summed E-state index contributed by atoms with van der Waals surface area (Å²) in [5, 5.41) is 11.8. The number of aliphatic hydroxyl groups is 1. The number of unbranched alkanes of at least 4 members (excludes halogenated alkanes) is 2. The quantitative estimate of drug-likeness (QED) is 0.339. The van der Waals surface area contributed by atoms with E-state index >= 15 is 0 Å². The van der Waals surface area contributed by atoms with E-state index in [4.69, 9.17) is 5.11 Å². The van der Waals surface area contributed by atoms with E-state index in [9.17, 15) is 9.59 Å². The number of carbonyl (C=O) groups is 2. The molecule has 0 bridgehead atoms. The van der Waals surface area contributed by atoms with Crippen LogP contribution in [-0.2, 0) is 9.59 Å². The lowest BCUT2D eigenvalue weighted by atomic mass is 10.1. The lowest BCUT2D eigenvalue weighted by Gasteiger charge is -2.34. The first-order chi connectivity index (χ1) is 7.79. The Morgan fingerprint density at radius 2 is 2.25 bits per heavy atom. The van der Waals surface area contributed by atoms with Crippen LogP contribution in [0.5, 0.6) is 0 Å². The van der Waals surface area contributed by atoms with Gasteiger partial charge in [0.2, 0.25) is 5.78 Å². The second kappa shape index (κ2) is 7.49. The number of hydrogen-bond donors (Lipinski definition) is 2. The minimum absolute atomic E-state index is 0.220. The van der Waals surface area contributed by atoms with Crippen molar-refractivity contribution in [2.45, 2.75) is 25.3 Å². The Labute approximate surface area is 95.8 Å². The molecule has 16 heavy (non-hydrogen) atoms.